The standard InChI is InChI=1S/C28H28N3O6.Rb/c1-18-12-21-13-22(31(32)33)8-11-25(21)28(29-18)30(16-19-6-9-23(34-2)14-26(19)36-4)17-20-7-10-24(35-3)15-27(20)37-5;/h6-11,13-15H,16-17H2,1-5H3;/q-1;+1. The van der Waals surface area contributed by atoms with Crippen LogP contribution in [0.25, 0.3) is 10.8 Å². The molecule has 4 rings (SSSR count). The van der Waals surface area contributed by atoms with Crippen LogP contribution in [-0.4, -0.2) is 38.3 Å². The molecule has 38 heavy (non-hydrogen) atoms. The van der Waals surface area contributed by atoms with Crippen molar-refractivity contribution in [3.63, 3.8) is 0 Å². The number of fused-ring (bicyclic) bond motifs is 1. The minimum atomic E-state index is -0.412. The second-order valence-electron chi connectivity index (χ2n) is 8.34. The molecule has 0 spiro atoms. The number of anilines is 1. The number of aryl methyl sites for hydroxylation is 1. The summed E-state index contributed by atoms with van der Waals surface area (Å²) in [5.41, 5.74) is 2.45. The second kappa shape index (κ2) is 13.4. The van der Waals surface area contributed by atoms with Gasteiger partial charge in [0.05, 0.1) is 34.3 Å². The summed E-state index contributed by atoms with van der Waals surface area (Å²) in [6.45, 7) is 2.69. The van der Waals surface area contributed by atoms with Crippen LogP contribution in [0.2, 0.25) is 0 Å². The van der Waals surface area contributed by atoms with Crippen molar-refractivity contribution < 1.29 is 82.1 Å². The molecule has 0 N–H and O–H groups in total. The Labute approximate surface area is 270 Å². The fourth-order valence-electron chi connectivity index (χ4n) is 4.21. The Morgan fingerprint density at radius 2 is 1.39 bits per heavy atom. The molecular formula is C28H28N3O6Rb. The molecule has 0 aliphatic rings. The fraction of sp³-hybridized carbons (Fsp3) is 0.250. The number of hydrogen-bond donors (Lipinski definition) is 0. The quantitative estimate of drug-likeness (QED) is 0.159. The molecule has 0 atom stereocenters. The number of non-ortho nitro benzene ring substituents is 1. The first-order valence-electron chi connectivity index (χ1n) is 11.5. The van der Waals surface area contributed by atoms with E-state index < -0.39 is 4.92 Å². The Balaban J connectivity index is 0.00000400. The summed E-state index contributed by atoms with van der Waals surface area (Å²) in [6, 6.07) is 19.2. The molecule has 0 saturated heterocycles. The number of nitrogens with zero attached hydrogens (tertiary/aromatic N) is 3. The number of nitro benzene ring substituents is 1. The summed E-state index contributed by atoms with van der Waals surface area (Å²) in [7, 11) is 6.44. The number of ether oxygens (including phenoxy) is 4. The maximum Gasteiger partial charge on any atom is 1.00 e. The van der Waals surface area contributed by atoms with Crippen LogP contribution >= 0.6 is 0 Å². The van der Waals surface area contributed by atoms with Crippen molar-refractivity contribution in [2.75, 3.05) is 33.3 Å². The van der Waals surface area contributed by atoms with E-state index in [0.717, 1.165) is 16.5 Å². The summed E-state index contributed by atoms with van der Waals surface area (Å²) >= 11 is 0. The first kappa shape index (κ1) is 29.8. The number of pyridine rings is 1. The largest absolute Gasteiger partial charge is 1.00 e. The van der Waals surface area contributed by atoms with E-state index >= 15 is 0 Å². The molecule has 0 saturated carbocycles. The van der Waals surface area contributed by atoms with Gasteiger partial charge in [0.15, 0.2) is 0 Å². The molecular weight excluding hydrogens is 560 g/mol. The van der Waals surface area contributed by atoms with Gasteiger partial charge in [-0.3, -0.25) is 15.1 Å². The number of benzene rings is 3. The number of rotatable bonds is 10. The number of nitro groups is 1. The average Bonchev–Trinajstić information content (AvgIpc) is 2.91. The summed E-state index contributed by atoms with van der Waals surface area (Å²) < 4.78 is 22.0. The van der Waals surface area contributed by atoms with Crippen LogP contribution in [0.1, 0.15) is 16.8 Å². The third-order valence-corrected chi connectivity index (χ3v) is 6.05. The van der Waals surface area contributed by atoms with E-state index in [1.54, 1.807) is 34.5 Å². The van der Waals surface area contributed by atoms with Gasteiger partial charge in [0.1, 0.15) is 23.0 Å². The van der Waals surface area contributed by atoms with Crippen molar-refractivity contribution >= 4 is 22.3 Å². The van der Waals surface area contributed by atoms with Crippen LogP contribution in [0.4, 0.5) is 11.5 Å². The number of hydrogen-bond acceptors (Lipinski definition) is 8. The van der Waals surface area contributed by atoms with E-state index in [1.165, 1.54) is 12.1 Å². The SMILES string of the molecule is COc1ccc(CN(Cc2ccc(OC)cc2OC)c2nc(C)[c-]c3cc([N+](=O)[O-])ccc23)c(OC)c1.[Rb+]. The summed E-state index contributed by atoms with van der Waals surface area (Å²) in [5.74, 6) is 3.38. The molecule has 3 aromatic carbocycles. The third kappa shape index (κ3) is 6.64. The first-order chi connectivity index (χ1) is 17.9. The van der Waals surface area contributed by atoms with Gasteiger partial charge in [0.25, 0.3) is 0 Å². The van der Waals surface area contributed by atoms with Crippen molar-refractivity contribution in [2.24, 2.45) is 0 Å². The van der Waals surface area contributed by atoms with Gasteiger partial charge in [0.2, 0.25) is 5.69 Å². The van der Waals surface area contributed by atoms with E-state index in [4.69, 9.17) is 23.9 Å². The van der Waals surface area contributed by atoms with E-state index in [1.807, 2.05) is 43.3 Å². The molecule has 0 amide bonds. The van der Waals surface area contributed by atoms with Crippen LogP contribution in [0, 0.1) is 23.1 Å². The topological polar surface area (TPSA) is 96.2 Å². The van der Waals surface area contributed by atoms with Gasteiger partial charge in [0, 0.05) is 41.3 Å². The predicted molar refractivity (Wildman–Crippen MR) is 141 cm³/mol. The van der Waals surface area contributed by atoms with Crippen molar-refractivity contribution in [3.05, 3.63) is 87.6 Å². The maximum absolute atomic E-state index is 11.4. The van der Waals surface area contributed by atoms with Crippen LogP contribution in [-0.2, 0) is 13.1 Å². The Hall–Kier alpha value is -2.72. The molecule has 1 heterocycles. The van der Waals surface area contributed by atoms with Gasteiger partial charge in [-0.25, -0.2) is 0 Å². The second-order valence-corrected chi connectivity index (χ2v) is 8.34. The smallest absolute Gasteiger partial charge is 0.497 e. The molecule has 0 aliphatic carbocycles. The molecule has 0 fully saturated rings. The molecule has 0 aliphatic heterocycles. The van der Waals surface area contributed by atoms with Gasteiger partial charge in [-0.1, -0.05) is 11.5 Å². The number of methoxy groups -OCH3 is 4. The van der Waals surface area contributed by atoms with E-state index in [9.17, 15) is 10.1 Å². The Kier molecular flexibility index (Phi) is 10.5. The van der Waals surface area contributed by atoms with Crippen LogP contribution in [0.15, 0.2) is 54.6 Å². The van der Waals surface area contributed by atoms with Gasteiger partial charge in [-0.2, -0.15) is 11.5 Å². The predicted octanol–water partition coefficient (Wildman–Crippen LogP) is 2.50. The Morgan fingerprint density at radius 3 is 1.87 bits per heavy atom. The van der Waals surface area contributed by atoms with Gasteiger partial charge in [-0.05, 0) is 42.9 Å². The molecule has 192 valence electrons. The minimum Gasteiger partial charge on any atom is -0.497 e. The van der Waals surface area contributed by atoms with Gasteiger partial charge < -0.3 is 23.8 Å². The zero-order valence-corrected chi connectivity index (χ0v) is 27.3. The van der Waals surface area contributed by atoms with Crippen LogP contribution < -0.4 is 82.0 Å². The molecule has 4 aromatic rings. The third-order valence-electron chi connectivity index (χ3n) is 6.05. The minimum absolute atomic E-state index is 0. The average molecular weight is 588 g/mol. The maximum atomic E-state index is 11.4. The zero-order valence-electron chi connectivity index (χ0n) is 22.4. The molecule has 1 aromatic heterocycles. The Morgan fingerprint density at radius 1 is 0.842 bits per heavy atom. The van der Waals surface area contributed by atoms with Crippen molar-refractivity contribution in [3.8, 4) is 23.0 Å². The molecule has 9 nitrogen and oxygen atoms in total. The normalized spacial score (nSPS) is 10.4. The Bertz CT molecular complexity index is 1390. The summed E-state index contributed by atoms with van der Waals surface area (Å²) in [4.78, 5) is 17.9. The number of aromatic nitrogens is 1. The van der Waals surface area contributed by atoms with Crippen LogP contribution in [0.5, 0.6) is 23.0 Å². The fourth-order valence-corrected chi connectivity index (χ4v) is 4.21. The van der Waals surface area contributed by atoms with Gasteiger partial charge >= 0.3 is 58.2 Å². The zero-order chi connectivity index (χ0) is 26.5. The van der Waals surface area contributed by atoms with E-state index in [2.05, 4.69) is 11.0 Å². The van der Waals surface area contributed by atoms with Crippen molar-refractivity contribution in [1.82, 2.24) is 4.98 Å². The summed E-state index contributed by atoms with van der Waals surface area (Å²) in [5, 5.41) is 12.8. The monoisotopic (exact) mass is 587 g/mol. The molecule has 0 bridgehead atoms. The van der Waals surface area contributed by atoms with Crippen molar-refractivity contribution in [2.45, 2.75) is 20.0 Å². The van der Waals surface area contributed by atoms with Crippen molar-refractivity contribution in [1.29, 1.82) is 0 Å². The van der Waals surface area contributed by atoms with E-state index in [-0.39, 0.29) is 63.9 Å². The molecule has 0 unspecified atom stereocenters. The first-order valence-corrected chi connectivity index (χ1v) is 11.5. The molecule has 0 radical (unpaired) electrons. The van der Waals surface area contributed by atoms with Crippen LogP contribution in [0.3, 0.4) is 0 Å². The molecule has 10 heteroatoms. The van der Waals surface area contributed by atoms with E-state index in [0.29, 0.717) is 53.0 Å². The van der Waals surface area contributed by atoms with Gasteiger partial charge in [-0.15, -0.1) is 6.07 Å². The summed E-state index contributed by atoms with van der Waals surface area (Å²) in [6.07, 6.45) is 0.